The van der Waals surface area contributed by atoms with Gasteiger partial charge >= 0.3 is 0 Å². The molecule has 112 valence electrons. The van der Waals surface area contributed by atoms with E-state index in [1.165, 1.54) is 4.31 Å². The van der Waals surface area contributed by atoms with Crippen molar-refractivity contribution in [3.63, 3.8) is 0 Å². The van der Waals surface area contributed by atoms with E-state index >= 15 is 0 Å². The van der Waals surface area contributed by atoms with Crippen molar-refractivity contribution in [3.05, 3.63) is 28.8 Å². The molecule has 1 atom stereocenters. The summed E-state index contributed by atoms with van der Waals surface area (Å²) in [6, 6.07) is 5.11. The topological polar surface area (TPSA) is 63.4 Å². The van der Waals surface area contributed by atoms with Crippen LogP contribution in [0.15, 0.2) is 23.1 Å². The molecular formula is C14H21ClN2O2S. The molecule has 4 nitrogen and oxygen atoms in total. The third-order valence-electron chi connectivity index (χ3n) is 3.80. The number of hydrogen-bond donors (Lipinski definition) is 1. The summed E-state index contributed by atoms with van der Waals surface area (Å²) in [6.07, 6.45) is 1.67. The Bertz CT molecular complexity index is 587. The Kier molecular flexibility index (Phi) is 4.74. The predicted molar refractivity (Wildman–Crippen MR) is 81.5 cm³/mol. The van der Waals surface area contributed by atoms with Gasteiger partial charge in [0.05, 0.1) is 5.02 Å². The summed E-state index contributed by atoms with van der Waals surface area (Å²) in [6.45, 7) is 4.92. The number of hydrogen-bond acceptors (Lipinski definition) is 3. The highest BCUT2D eigenvalue weighted by molar-refractivity contribution is 7.89. The van der Waals surface area contributed by atoms with Gasteiger partial charge in [0.1, 0.15) is 4.90 Å². The molecule has 1 aliphatic rings. The van der Waals surface area contributed by atoms with Crippen molar-refractivity contribution in [2.75, 3.05) is 13.1 Å². The van der Waals surface area contributed by atoms with Gasteiger partial charge in [0.25, 0.3) is 0 Å². The van der Waals surface area contributed by atoms with E-state index in [9.17, 15) is 8.42 Å². The van der Waals surface area contributed by atoms with Crippen LogP contribution in [0.2, 0.25) is 5.02 Å². The molecule has 20 heavy (non-hydrogen) atoms. The minimum atomic E-state index is -3.57. The molecule has 1 aliphatic heterocycles. The zero-order valence-corrected chi connectivity index (χ0v) is 13.4. The second kappa shape index (κ2) is 6.02. The minimum absolute atomic E-state index is 0.112. The third-order valence-corrected chi connectivity index (χ3v) is 6.24. The molecule has 1 saturated heterocycles. The number of sulfonamides is 1. The molecule has 0 aromatic heterocycles. The minimum Gasteiger partial charge on any atom is -0.329 e. The van der Waals surface area contributed by atoms with E-state index in [4.69, 9.17) is 17.3 Å². The maximum Gasteiger partial charge on any atom is 0.244 e. The van der Waals surface area contributed by atoms with Crippen LogP contribution >= 0.6 is 11.6 Å². The lowest BCUT2D eigenvalue weighted by atomic mass is 10.0. The third kappa shape index (κ3) is 2.86. The van der Waals surface area contributed by atoms with E-state index < -0.39 is 10.0 Å². The first kappa shape index (κ1) is 15.8. The second-order valence-electron chi connectivity index (χ2n) is 5.49. The van der Waals surface area contributed by atoms with Gasteiger partial charge in [-0.1, -0.05) is 31.5 Å². The number of rotatable bonds is 4. The van der Waals surface area contributed by atoms with Gasteiger partial charge in [-0.3, -0.25) is 0 Å². The molecule has 0 bridgehead atoms. The fourth-order valence-corrected chi connectivity index (χ4v) is 4.78. The first-order valence-electron chi connectivity index (χ1n) is 6.89. The van der Waals surface area contributed by atoms with Crippen molar-refractivity contribution in [1.82, 2.24) is 4.31 Å². The van der Waals surface area contributed by atoms with Crippen molar-refractivity contribution in [3.8, 4) is 0 Å². The lowest BCUT2D eigenvalue weighted by molar-refractivity contribution is 0.393. The summed E-state index contributed by atoms with van der Waals surface area (Å²) >= 11 is 6.12. The normalized spacial score (nSPS) is 20.8. The summed E-state index contributed by atoms with van der Waals surface area (Å²) in [5, 5.41) is 0.275. The number of halogens is 1. The van der Waals surface area contributed by atoms with E-state index in [2.05, 4.69) is 0 Å². The Morgan fingerprint density at radius 2 is 2.15 bits per heavy atom. The second-order valence-corrected chi connectivity index (χ2v) is 7.76. The standard InChI is InChI=1S/C14H21ClN2O2S/c1-10(2)11-5-6-13(15)14(8-11)20(18,19)17-7-3-4-12(17)9-16/h5-6,8,10,12H,3-4,7,9,16H2,1-2H3. The van der Waals surface area contributed by atoms with Crippen LogP contribution in [0.4, 0.5) is 0 Å². The molecular weight excluding hydrogens is 296 g/mol. The van der Waals surface area contributed by atoms with E-state index in [1.807, 2.05) is 19.9 Å². The Balaban J connectivity index is 2.46. The van der Waals surface area contributed by atoms with Gasteiger partial charge in [0.15, 0.2) is 0 Å². The van der Waals surface area contributed by atoms with Crippen LogP contribution in [0.1, 0.15) is 38.2 Å². The van der Waals surface area contributed by atoms with Gasteiger partial charge in [-0.25, -0.2) is 8.42 Å². The van der Waals surface area contributed by atoms with Crippen LogP contribution in [0.5, 0.6) is 0 Å². The summed E-state index contributed by atoms with van der Waals surface area (Å²) in [4.78, 5) is 0.200. The zero-order valence-electron chi connectivity index (χ0n) is 11.8. The maximum absolute atomic E-state index is 12.8. The molecule has 0 amide bonds. The summed E-state index contributed by atoms with van der Waals surface area (Å²) in [7, 11) is -3.57. The first-order valence-corrected chi connectivity index (χ1v) is 8.71. The molecule has 2 N–H and O–H groups in total. The van der Waals surface area contributed by atoms with Crippen molar-refractivity contribution < 1.29 is 8.42 Å². The summed E-state index contributed by atoms with van der Waals surface area (Å²) < 4.78 is 27.1. The predicted octanol–water partition coefficient (Wildman–Crippen LogP) is 2.58. The van der Waals surface area contributed by atoms with Crippen LogP contribution in [-0.4, -0.2) is 31.9 Å². The molecule has 0 radical (unpaired) electrons. The van der Waals surface area contributed by atoms with Crippen LogP contribution in [0.3, 0.4) is 0 Å². The van der Waals surface area contributed by atoms with Gasteiger partial charge in [-0.15, -0.1) is 0 Å². The Hall–Kier alpha value is -0.620. The van der Waals surface area contributed by atoms with E-state index in [1.54, 1.807) is 12.1 Å². The molecule has 1 fully saturated rings. The average Bonchev–Trinajstić information content (AvgIpc) is 2.87. The van der Waals surface area contributed by atoms with Crippen molar-refractivity contribution in [2.24, 2.45) is 5.73 Å². The highest BCUT2D eigenvalue weighted by Gasteiger charge is 2.35. The van der Waals surface area contributed by atoms with Crippen LogP contribution in [0.25, 0.3) is 0 Å². The lowest BCUT2D eigenvalue weighted by Crippen LogP contribution is -2.40. The molecule has 2 rings (SSSR count). The largest absolute Gasteiger partial charge is 0.329 e. The number of nitrogens with two attached hydrogens (primary N) is 1. The average molecular weight is 317 g/mol. The van der Waals surface area contributed by atoms with Gasteiger partial charge < -0.3 is 5.73 Å². The molecule has 0 spiro atoms. The van der Waals surface area contributed by atoms with E-state index in [0.29, 0.717) is 13.1 Å². The number of nitrogens with zero attached hydrogens (tertiary/aromatic N) is 1. The molecule has 0 saturated carbocycles. The zero-order chi connectivity index (χ0) is 14.9. The number of benzene rings is 1. The maximum atomic E-state index is 12.8. The molecule has 1 heterocycles. The van der Waals surface area contributed by atoms with Gasteiger partial charge in [0.2, 0.25) is 10.0 Å². The van der Waals surface area contributed by atoms with Crippen molar-refractivity contribution in [1.29, 1.82) is 0 Å². The Labute approximate surface area is 126 Å². The lowest BCUT2D eigenvalue weighted by Gasteiger charge is -2.24. The van der Waals surface area contributed by atoms with Crippen molar-refractivity contribution >= 4 is 21.6 Å². The van der Waals surface area contributed by atoms with Gasteiger partial charge in [-0.05, 0) is 36.5 Å². The highest BCUT2D eigenvalue weighted by Crippen LogP contribution is 2.32. The van der Waals surface area contributed by atoms with Crippen LogP contribution in [0, 0.1) is 0 Å². The molecule has 1 aromatic rings. The van der Waals surface area contributed by atoms with Crippen molar-refractivity contribution in [2.45, 2.75) is 43.5 Å². The van der Waals surface area contributed by atoms with Gasteiger partial charge in [-0.2, -0.15) is 4.31 Å². The Morgan fingerprint density at radius 3 is 2.75 bits per heavy atom. The highest BCUT2D eigenvalue weighted by atomic mass is 35.5. The van der Waals surface area contributed by atoms with E-state index in [0.717, 1.165) is 18.4 Å². The van der Waals surface area contributed by atoms with Crippen LogP contribution in [-0.2, 0) is 10.0 Å². The molecule has 6 heteroatoms. The summed E-state index contributed by atoms with van der Waals surface area (Å²) in [5.41, 5.74) is 6.65. The molecule has 1 unspecified atom stereocenters. The van der Waals surface area contributed by atoms with Gasteiger partial charge in [0, 0.05) is 19.1 Å². The van der Waals surface area contributed by atoms with Crippen LogP contribution < -0.4 is 5.73 Å². The quantitative estimate of drug-likeness (QED) is 0.928. The fraction of sp³-hybridized carbons (Fsp3) is 0.571. The Morgan fingerprint density at radius 1 is 1.45 bits per heavy atom. The smallest absolute Gasteiger partial charge is 0.244 e. The van der Waals surface area contributed by atoms with E-state index in [-0.39, 0.29) is 21.9 Å². The first-order chi connectivity index (χ1) is 9.37. The molecule has 0 aliphatic carbocycles. The molecule has 1 aromatic carbocycles. The SMILES string of the molecule is CC(C)c1ccc(Cl)c(S(=O)(=O)N2CCCC2CN)c1. The summed E-state index contributed by atoms with van der Waals surface area (Å²) in [5.74, 6) is 0.255. The fourth-order valence-electron chi connectivity index (χ4n) is 2.56. The monoisotopic (exact) mass is 316 g/mol.